The number of thiophene rings is 1. The fraction of sp³-hybridized carbons (Fsp3) is 0.538. The van der Waals surface area contributed by atoms with Crippen LogP contribution in [-0.4, -0.2) is 24.4 Å². The van der Waals surface area contributed by atoms with Crippen LogP contribution >= 0.6 is 11.3 Å². The van der Waals surface area contributed by atoms with E-state index >= 15 is 0 Å². The van der Waals surface area contributed by atoms with Crippen LogP contribution in [0.5, 0.6) is 0 Å². The molecule has 4 nitrogen and oxygen atoms in total. The highest BCUT2D eigenvalue weighted by molar-refractivity contribution is 7.13. The van der Waals surface area contributed by atoms with Gasteiger partial charge in [-0.05, 0) is 31.9 Å². The van der Waals surface area contributed by atoms with Crippen molar-refractivity contribution in [2.24, 2.45) is 0 Å². The predicted molar refractivity (Wildman–Crippen MR) is 73.9 cm³/mol. The molecule has 18 heavy (non-hydrogen) atoms. The third kappa shape index (κ3) is 4.49. The van der Waals surface area contributed by atoms with Gasteiger partial charge in [0.1, 0.15) is 0 Å². The van der Waals surface area contributed by atoms with E-state index in [1.54, 1.807) is 6.07 Å². The van der Waals surface area contributed by atoms with Crippen molar-refractivity contribution in [3.63, 3.8) is 0 Å². The lowest BCUT2D eigenvalue weighted by molar-refractivity contribution is -0.120. The Morgan fingerprint density at radius 3 is 2.44 bits per heavy atom. The molecule has 0 aliphatic rings. The van der Waals surface area contributed by atoms with E-state index in [1.807, 2.05) is 26.8 Å². The fourth-order valence-electron chi connectivity index (χ4n) is 1.58. The summed E-state index contributed by atoms with van der Waals surface area (Å²) in [5, 5.41) is 5.50. The van der Waals surface area contributed by atoms with Gasteiger partial charge in [0.2, 0.25) is 5.91 Å². The van der Waals surface area contributed by atoms with Gasteiger partial charge in [0.25, 0.3) is 5.91 Å². The van der Waals surface area contributed by atoms with E-state index in [9.17, 15) is 9.59 Å². The summed E-state index contributed by atoms with van der Waals surface area (Å²) in [7, 11) is 0. The molecule has 2 amide bonds. The lowest BCUT2D eigenvalue weighted by Gasteiger charge is -2.14. The van der Waals surface area contributed by atoms with Crippen molar-refractivity contribution < 1.29 is 9.59 Å². The number of carbonyl (C=O) groups is 2. The third-order valence-corrected chi connectivity index (χ3v) is 3.72. The summed E-state index contributed by atoms with van der Waals surface area (Å²) in [5.74, 6) is -0.321. The molecule has 0 fully saturated rings. The highest BCUT2D eigenvalue weighted by Crippen LogP contribution is 2.14. The lowest BCUT2D eigenvalue weighted by Crippen LogP contribution is -2.41. The first-order valence-electron chi connectivity index (χ1n) is 6.20. The highest BCUT2D eigenvalue weighted by atomic mass is 32.1. The van der Waals surface area contributed by atoms with Gasteiger partial charge in [0.05, 0.1) is 11.4 Å². The van der Waals surface area contributed by atoms with Crippen LogP contribution in [0.4, 0.5) is 0 Å². The predicted octanol–water partition coefficient (Wildman–Crippen LogP) is 2.09. The molecule has 0 unspecified atom stereocenters. The van der Waals surface area contributed by atoms with Crippen molar-refractivity contribution in [1.29, 1.82) is 0 Å². The Labute approximate surface area is 112 Å². The number of rotatable bonds is 6. The smallest absolute Gasteiger partial charge is 0.261 e. The molecule has 1 heterocycles. The standard InChI is InChI=1S/C13H20N2O2S/c1-4-10(5-2)15-12(16)8-14-13(17)11-7-6-9(3)18-11/h6-7,10H,4-5,8H2,1-3H3,(H,14,17)(H,15,16). The summed E-state index contributed by atoms with van der Waals surface area (Å²) in [6.07, 6.45) is 1.81. The van der Waals surface area contributed by atoms with Crippen molar-refractivity contribution in [3.05, 3.63) is 21.9 Å². The summed E-state index contributed by atoms with van der Waals surface area (Å²) >= 11 is 1.43. The van der Waals surface area contributed by atoms with Crippen LogP contribution < -0.4 is 10.6 Å². The van der Waals surface area contributed by atoms with Crippen molar-refractivity contribution in [3.8, 4) is 0 Å². The van der Waals surface area contributed by atoms with Gasteiger partial charge < -0.3 is 10.6 Å². The first kappa shape index (κ1) is 14.7. The summed E-state index contributed by atoms with van der Waals surface area (Å²) in [6.45, 7) is 6.04. The van der Waals surface area contributed by atoms with Crippen LogP contribution in [0.2, 0.25) is 0 Å². The highest BCUT2D eigenvalue weighted by Gasteiger charge is 2.11. The minimum atomic E-state index is -0.187. The first-order valence-corrected chi connectivity index (χ1v) is 7.02. The second-order valence-electron chi connectivity index (χ2n) is 4.17. The Hall–Kier alpha value is -1.36. The third-order valence-electron chi connectivity index (χ3n) is 2.72. The van der Waals surface area contributed by atoms with E-state index < -0.39 is 0 Å². The van der Waals surface area contributed by atoms with Gasteiger partial charge in [-0.1, -0.05) is 13.8 Å². The largest absolute Gasteiger partial charge is 0.352 e. The molecular weight excluding hydrogens is 248 g/mol. The number of amides is 2. The van der Waals surface area contributed by atoms with Crippen molar-refractivity contribution >= 4 is 23.2 Å². The summed E-state index contributed by atoms with van der Waals surface area (Å²) < 4.78 is 0. The second-order valence-corrected chi connectivity index (χ2v) is 5.46. The molecular formula is C13H20N2O2S. The second kappa shape index (κ2) is 7.16. The first-order chi connectivity index (χ1) is 8.56. The average molecular weight is 268 g/mol. The molecule has 0 bridgehead atoms. The van der Waals surface area contributed by atoms with Crippen molar-refractivity contribution in [2.75, 3.05) is 6.54 Å². The van der Waals surface area contributed by atoms with Gasteiger partial charge in [0.15, 0.2) is 0 Å². The average Bonchev–Trinajstić information content (AvgIpc) is 2.79. The molecule has 5 heteroatoms. The van der Waals surface area contributed by atoms with Crippen LogP contribution in [0.25, 0.3) is 0 Å². The monoisotopic (exact) mass is 268 g/mol. The molecule has 0 radical (unpaired) electrons. The Balaban J connectivity index is 2.36. The lowest BCUT2D eigenvalue weighted by atomic mass is 10.2. The molecule has 1 aromatic heterocycles. The zero-order valence-corrected chi connectivity index (χ0v) is 11.9. The summed E-state index contributed by atoms with van der Waals surface area (Å²) in [4.78, 5) is 25.0. The summed E-state index contributed by atoms with van der Waals surface area (Å²) in [6, 6.07) is 3.86. The zero-order valence-electron chi connectivity index (χ0n) is 11.1. The van der Waals surface area contributed by atoms with E-state index in [4.69, 9.17) is 0 Å². The normalized spacial score (nSPS) is 10.4. The quantitative estimate of drug-likeness (QED) is 0.830. The maximum Gasteiger partial charge on any atom is 0.261 e. The van der Waals surface area contributed by atoms with Gasteiger partial charge in [-0.15, -0.1) is 11.3 Å². The van der Waals surface area contributed by atoms with Crippen LogP contribution in [0, 0.1) is 6.92 Å². The minimum absolute atomic E-state index is 0.0340. The van der Waals surface area contributed by atoms with E-state index in [1.165, 1.54) is 11.3 Å². The molecule has 0 aliphatic heterocycles. The summed E-state index contributed by atoms with van der Waals surface area (Å²) in [5.41, 5.74) is 0. The van der Waals surface area contributed by atoms with Gasteiger partial charge in [-0.3, -0.25) is 9.59 Å². The minimum Gasteiger partial charge on any atom is -0.352 e. The molecule has 2 N–H and O–H groups in total. The number of nitrogens with one attached hydrogen (secondary N) is 2. The molecule has 1 rings (SSSR count). The van der Waals surface area contributed by atoms with Crippen LogP contribution in [-0.2, 0) is 4.79 Å². The van der Waals surface area contributed by atoms with Crippen molar-refractivity contribution in [2.45, 2.75) is 39.7 Å². The molecule has 1 aromatic rings. The Bertz CT molecular complexity index is 411. The van der Waals surface area contributed by atoms with Gasteiger partial charge in [-0.25, -0.2) is 0 Å². The van der Waals surface area contributed by atoms with Gasteiger partial charge in [-0.2, -0.15) is 0 Å². The number of aryl methyl sites for hydroxylation is 1. The maximum absolute atomic E-state index is 11.7. The molecule has 0 atom stereocenters. The SMILES string of the molecule is CCC(CC)NC(=O)CNC(=O)c1ccc(C)s1. The Morgan fingerprint density at radius 2 is 1.94 bits per heavy atom. The van der Waals surface area contributed by atoms with Crippen LogP contribution in [0.1, 0.15) is 41.2 Å². The molecule has 100 valence electrons. The van der Waals surface area contributed by atoms with E-state index in [0.717, 1.165) is 17.7 Å². The van der Waals surface area contributed by atoms with E-state index in [0.29, 0.717) is 4.88 Å². The number of carbonyl (C=O) groups excluding carboxylic acids is 2. The topological polar surface area (TPSA) is 58.2 Å². The Morgan fingerprint density at radius 1 is 1.28 bits per heavy atom. The van der Waals surface area contributed by atoms with E-state index in [-0.39, 0.29) is 24.4 Å². The number of hydrogen-bond donors (Lipinski definition) is 2. The Kier molecular flexibility index (Phi) is 5.85. The maximum atomic E-state index is 11.7. The molecule has 0 aromatic carbocycles. The van der Waals surface area contributed by atoms with Gasteiger partial charge in [0, 0.05) is 10.9 Å². The molecule has 0 saturated carbocycles. The van der Waals surface area contributed by atoms with Gasteiger partial charge >= 0.3 is 0 Å². The number of hydrogen-bond acceptors (Lipinski definition) is 3. The molecule has 0 saturated heterocycles. The molecule has 0 spiro atoms. The fourth-order valence-corrected chi connectivity index (χ4v) is 2.36. The van der Waals surface area contributed by atoms with Crippen LogP contribution in [0.15, 0.2) is 12.1 Å². The molecule has 0 aliphatic carbocycles. The van der Waals surface area contributed by atoms with E-state index in [2.05, 4.69) is 10.6 Å². The van der Waals surface area contributed by atoms with Crippen LogP contribution in [0.3, 0.4) is 0 Å². The van der Waals surface area contributed by atoms with Crippen molar-refractivity contribution in [1.82, 2.24) is 10.6 Å². The zero-order chi connectivity index (χ0) is 13.5.